The summed E-state index contributed by atoms with van der Waals surface area (Å²) in [5.74, 6) is -0.198. The van der Waals surface area contributed by atoms with Crippen molar-refractivity contribution in [2.45, 2.75) is 0 Å². The molecule has 4 nitrogen and oxygen atoms in total. The largest absolute Gasteiger partial charge is 0.470 e. The summed E-state index contributed by atoms with van der Waals surface area (Å²) in [7, 11) is 0. The Morgan fingerprint density at radius 2 is 1.96 bits per heavy atom. The van der Waals surface area contributed by atoms with Crippen LogP contribution in [0.25, 0.3) is 0 Å². The monoisotopic (exact) mass is 375 g/mol. The van der Waals surface area contributed by atoms with Gasteiger partial charge in [0.15, 0.2) is 18.2 Å². The van der Waals surface area contributed by atoms with E-state index in [1.807, 2.05) is 18.2 Å². The van der Waals surface area contributed by atoms with Crippen molar-refractivity contribution < 1.29 is 9.13 Å². The first kappa shape index (κ1) is 17.2. The van der Waals surface area contributed by atoms with Crippen LogP contribution >= 0.6 is 23.2 Å². The van der Waals surface area contributed by atoms with Crippen LogP contribution in [0, 0.1) is 17.1 Å². The van der Waals surface area contributed by atoms with Crippen molar-refractivity contribution in [2.24, 2.45) is 0 Å². The summed E-state index contributed by atoms with van der Waals surface area (Å²) in [6.07, 6.45) is 3.23. The highest BCUT2D eigenvalue weighted by atomic mass is 35.5. The second kappa shape index (κ2) is 7.47. The van der Waals surface area contributed by atoms with E-state index in [0.29, 0.717) is 10.8 Å². The Morgan fingerprint density at radius 3 is 2.64 bits per heavy atom. The van der Waals surface area contributed by atoms with Crippen molar-refractivity contribution in [1.29, 1.82) is 5.26 Å². The molecule has 0 aromatic heterocycles. The van der Waals surface area contributed by atoms with E-state index in [1.54, 1.807) is 30.5 Å². The van der Waals surface area contributed by atoms with Crippen molar-refractivity contribution in [3.05, 3.63) is 82.1 Å². The van der Waals surface area contributed by atoms with E-state index in [4.69, 9.17) is 27.9 Å². The van der Waals surface area contributed by atoms with Crippen LogP contribution in [-0.2, 0) is 4.74 Å². The zero-order valence-electron chi connectivity index (χ0n) is 12.8. The first-order chi connectivity index (χ1) is 12.1. The lowest BCUT2D eigenvalue weighted by Gasteiger charge is -2.17. The molecule has 7 heteroatoms. The Balaban J connectivity index is 1.82. The number of rotatable bonds is 4. The van der Waals surface area contributed by atoms with Gasteiger partial charge in [0.25, 0.3) is 0 Å². The third-order valence-corrected chi connectivity index (χ3v) is 4.05. The van der Waals surface area contributed by atoms with E-state index in [2.05, 4.69) is 5.32 Å². The molecule has 0 aliphatic carbocycles. The number of para-hydroxylation sites is 1. The molecule has 1 aliphatic rings. The first-order valence-electron chi connectivity index (χ1n) is 7.27. The molecule has 0 radical (unpaired) electrons. The van der Waals surface area contributed by atoms with Crippen LogP contribution in [0.3, 0.4) is 0 Å². The number of benzene rings is 2. The Kier molecular flexibility index (Phi) is 5.13. The molecule has 0 bridgehead atoms. The fourth-order valence-electron chi connectivity index (χ4n) is 2.33. The van der Waals surface area contributed by atoms with Crippen LogP contribution in [0.4, 0.5) is 15.8 Å². The predicted octanol–water partition coefficient (Wildman–Crippen LogP) is 5.29. The molecule has 3 rings (SSSR count). The average Bonchev–Trinajstić information content (AvgIpc) is 2.99. The predicted molar refractivity (Wildman–Crippen MR) is 96.7 cm³/mol. The Labute approximate surface area is 154 Å². The van der Waals surface area contributed by atoms with E-state index in [-0.39, 0.29) is 23.1 Å². The second-order valence-electron chi connectivity index (χ2n) is 5.08. The lowest BCUT2D eigenvalue weighted by atomic mass is 10.2. The van der Waals surface area contributed by atoms with Crippen LogP contribution < -0.4 is 10.2 Å². The van der Waals surface area contributed by atoms with Gasteiger partial charge in [0.05, 0.1) is 10.7 Å². The molecule has 0 fully saturated rings. The molecule has 0 saturated carbocycles. The molecule has 25 heavy (non-hydrogen) atoms. The highest BCUT2D eigenvalue weighted by molar-refractivity contribution is 6.33. The SMILES string of the molecule is N#CC1=C(/C=C/Nc2ccc(Cl)cc2)OCN1c1c(F)cccc1Cl. The standard InChI is InChI=1S/C18H12Cl2FN3O/c19-12-4-6-13(7-5-12)23-9-8-17-16(10-22)24(11-25-17)18-14(20)2-1-3-15(18)21/h1-9,23H,11H2/b9-8+. The number of hydrogen-bond donors (Lipinski definition) is 1. The third kappa shape index (κ3) is 3.71. The number of hydrogen-bond acceptors (Lipinski definition) is 4. The van der Waals surface area contributed by atoms with Crippen molar-refractivity contribution in [3.63, 3.8) is 0 Å². The summed E-state index contributed by atoms with van der Waals surface area (Å²) in [5.41, 5.74) is 1.13. The first-order valence-corrected chi connectivity index (χ1v) is 8.03. The fourth-order valence-corrected chi connectivity index (χ4v) is 2.72. The van der Waals surface area contributed by atoms with E-state index in [1.165, 1.54) is 17.0 Å². The lowest BCUT2D eigenvalue weighted by Crippen LogP contribution is -2.20. The highest BCUT2D eigenvalue weighted by Crippen LogP contribution is 2.35. The van der Waals surface area contributed by atoms with Gasteiger partial charge in [-0.25, -0.2) is 4.39 Å². The van der Waals surface area contributed by atoms with E-state index < -0.39 is 5.82 Å². The number of ether oxygens (including phenoxy) is 1. The molecular formula is C18H12Cl2FN3O. The molecule has 2 aromatic rings. The van der Waals surface area contributed by atoms with Crippen LogP contribution in [0.2, 0.25) is 10.0 Å². The summed E-state index contributed by atoms with van der Waals surface area (Å²) in [4.78, 5) is 1.40. The number of anilines is 2. The number of allylic oxidation sites excluding steroid dienone is 2. The van der Waals surface area contributed by atoms with Crippen LogP contribution in [0.5, 0.6) is 0 Å². The minimum absolute atomic E-state index is 0.00413. The molecule has 1 aliphatic heterocycles. The molecule has 0 amide bonds. The van der Waals surface area contributed by atoms with Gasteiger partial charge in [0, 0.05) is 16.9 Å². The van der Waals surface area contributed by atoms with Crippen molar-refractivity contribution in [1.82, 2.24) is 0 Å². The zero-order valence-corrected chi connectivity index (χ0v) is 14.4. The minimum Gasteiger partial charge on any atom is -0.470 e. The average molecular weight is 376 g/mol. The molecule has 2 aromatic carbocycles. The molecule has 0 atom stereocenters. The normalized spacial score (nSPS) is 13.9. The maximum atomic E-state index is 14.1. The zero-order chi connectivity index (χ0) is 17.8. The van der Waals surface area contributed by atoms with Crippen LogP contribution in [0.15, 0.2) is 66.2 Å². The van der Waals surface area contributed by atoms with Gasteiger partial charge in [-0.1, -0.05) is 29.3 Å². The Hall–Kier alpha value is -2.68. The lowest BCUT2D eigenvalue weighted by molar-refractivity contribution is 0.257. The highest BCUT2D eigenvalue weighted by Gasteiger charge is 2.27. The Bertz CT molecular complexity index is 868. The number of halogens is 3. The van der Waals surface area contributed by atoms with Crippen molar-refractivity contribution >= 4 is 34.6 Å². The number of nitriles is 1. The van der Waals surface area contributed by atoms with E-state index in [0.717, 1.165) is 5.69 Å². The number of nitrogens with one attached hydrogen (secondary N) is 1. The molecule has 0 spiro atoms. The van der Waals surface area contributed by atoms with Gasteiger partial charge < -0.3 is 10.1 Å². The van der Waals surface area contributed by atoms with Crippen molar-refractivity contribution in [3.8, 4) is 6.07 Å². The molecule has 0 saturated heterocycles. The molecule has 1 heterocycles. The molecule has 126 valence electrons. The van der Waals surface area contributed by atoms with Crippen molar-refractivity contribution in [2.75, 3.05) is 16.9 Å². The molecular weight excluding hydrogens is 364 g/mol. The minimum atomic E-state index is -0.520. The summed E-state index contributed by atoms with van der Waals surface area (Å²) >= 11 is 11.9. The molecule has 1 N–H and O–H groups in total. The van der Waals surface area contributed by atoms with Crippen LogP contribution in [-0.4, -0.2) is 6.73 Å². The second-order valence-corrected chi connectivity index (χ2v) is 5.92. The topological polar surface area (TPSA) is 48.3 Å². The summed E-state index contributed by atoms with van der Waals surface area (Å²) in [5, 5.41) is 13.3. The van der Waals surface area contributed by atoms with Gasteiger partial charge in [-0.3, -0.25) is 4.90 Å². The third-order valence-electron chi connectivity index (χ3n) is 3.49. The summed E-state index contributed by atoms with van der Waals surface area (Å²) in [6.45, 7) is 0.00413. The number of nitrogens with zero attached hydrogens (tertiary/aromatic N) is 2. The van der Waals surface area contributed by atoms with Crippen LogP contribution in [0.1, 0.15) is 0 Å². The Morgan fingerprint density at radius 1 is 1.20 bits per heavy atom. The maximum Gasteiger partial charge on any atom is 0.166 e. The van der Waals surface area contributed by atoms with Gasteiger partial charge in [-0.05, 0) is 42.5 Å². The van der Waals surface area contributed by atoms with Gasteiger partial charge in [-0.2, -0.15) is 5.26 Å². The molecule has 0 unspecified atom stereocenters. The van der Waals surface area contributed by atoms with Gasteiger partial charge in [-0.15, -0.1) is 0 Å². The fraction of sp³-hybridized carbons (Fsp3) is 0.0556. The van der Waals surface area contributed by atoms with Gasteiger partial charge >= 0.3 is 0 Å². The summed E-state index contributed by atoms with van der Waals surface area (Å²) in [6, 6.07) is 13.5. The van der Waals surface area contributed by atoms with E-state index >= 15 is 0 Å². The smallest absolute Gasteiger partial charge is 0.166 e. The summed E-state index contributed by atoms with van der Waals surface area (Å²) < 4.78 is 19.6. The van der Waals surface area contributed by atoms with Gasteiger partial charge in [0.1, 0.15) is 11.9 Å². The van der Waals surface area contributed by atoms with Gasteiger partial charge in [0.2, 0.25) is 0 Å². The van der Waals surface area contributed by atoms with E-state index in [9.17, 15) is 9.65 Å². The maximum absolute atomic E-state index is 14.1. The quantitative estimate of drug-likeness (QED) is 0.788.